The van der Waals surface area contributed by atoms with E-state index < -0.39 is 0 Å². The third-order valence-electron chi connectivity index (χ3n) is 4.36. The van der Waals surface area contributed by atoms with Crippen molar-refractivity contribution in [2.75, 3.05) is 19.6 Å². The van der Waals surface area contributed by atoms with Crippen LogP contribution in [0.15, 0.2) is 0 Å². The summed E-state index contributed by atoms with van der Waals surface area (Å²) in [7, 11) is 0. The Balaban J connectivity index is 1.85. The van der Waals surface area contributed by atoms with Crippen LogP contribution < -0.4 is 5.32 Å². The van der Waals surface area contributed by atoms with Gasteiger partial charge in [0.15, 0.2) is 0 Å². The zero-order valence-corrected chi connectivity index (χ0v) is 11.0. The van der Waals surface area contributed by atoms with Crippen LogP contribution >= 0.6 is 0 Å². The Morgan fingerprint density at radius 1 is 1.06 bits per heavy atom. The molecule has 94 valence electrons. The predicted octanol–water partition coefficient (Wildman–Crippen LogP) is 2.64. The summed E-state index contributed by atoms with van der Waals surface area (Å²) in [5.41, 5.74) is 0. The fraction of sp³-hybridized carbons (Fsp3) is 1.00. The topological polar surface area (TPSA) is 15.3 Å². The Labute approximate surface area is 101 Å². The van der Waals surface area contributed by atoms with Crippen molar-refractivity contribution in [1.29, 1.82) is 0 Å². The van der Waals surface area contributed by atoms with Gasteiger partial charge in [-0.25, -0.2) is 0 Å². The minimum Gasteiger partial charge on any atom is -0.317 e. The van der Waals surface area contributed by atoms with Crippen molar-refractivity contribution in [2.45, 2.75) is 64.5 Å². The Bertz CT molecular complexity index is 191. The summed E-state index contributed by atoms with van der Waals surface area (Å²) in [6, 6.07) is 1.79. The van der Waals surface area contributed by atoms with Crippen LogP contribution in [0.2, 0.25) is 0 Å². The third kappa shape index (κ3) is 3.21. The van der Waals surface area contributed by atoms with Gasteiger partial charge in [0.05, 0.1) is 0 Å². The van der Waals surface area contributed by atoms with E-state index >= 15 is 0 Å². The summed E-state index contributed by atoms with van der Waals surface area (Å²) in [4.78, 5) is 2.84. The number of nitrogens with one attached hydrogen (secondary N) is 1. The first-order chi connectivity index (χ1) is 7.85. The molecule has 0 aromatic heterocycles. The van der Waals surface area contributed by atoms with Crippen molar-refractivity contribution in [3.63, 3.8) is 0 Å². The van der Waals surface area contributed by atoms with Crippen LogP contribution in [0.4, 0.5) is 0 Å². The molecule has 1 heterocycles. The number of piperidine rings is 1. The van der Waals surface area contributed by atoms with E-state index in [1.165, 1.54) is 58.2 Å². The zero-order valence-electron chi connectivity index (χ0n) is 11.0. The standard InChI is InChI=1S/C14H28N2/c1-3-13(4-2)16(14-5-6-14)11-12-7-9-15-10-8-12/h12-15H,3-11H2,1-2H3. The quantitative estimate of drug-likeness (QED) is 0.746. The molecule has 1 aliphatic carbocycles. The van der Waals surface area contributed by atoms with Gasteiger partial charge in [-0.15, -0.1) is 0 Å². The van der Waals surface area contributed by atoms with E-state index in [9.17, 15) is 0 Å². The Hall–Kier alpha value is -0.0800. The maximum atomic E-state index is 3.47. The largest absolute Gasteiger partial charge is 0.317 e. The van der Waals surface area contributed by atoms with Gasteiger partial charge < -0.3 is 5.32 Å². The van der Waals surface area contributed by atoms with Crippen LogP contribution in [-0.2, 0) is 0 Å². The van der Waals surface area contributed by atoms with Crippen molar-refractivity contribution in [2.24, 2.45) is 5.92 Å². The molecular weight excluding hydrogens is 196 g/mol. The highest BCUT2D eigenvalue weighted by molar-refractivity contribution is 4.89. The first-order valence-electron chi connectivity index (χ1n) is 7.31. The molecule has 0 amide bonds. The van der Waals surface area contributed by atoms with Crippen molar-refractivity contribution in [3.05, 3.63) is 0 Å². The Morgan fingerprint density at radius 3 is 2.19 bits per heavy atom. The molecule has 1 N–H and O–H groups in total. The van der Waals surface area contributed by atoms with E-state index in [0.29, 0.717) is 0 Å². The SMILES string of the molecule is CCC(CC)N(CC1CCNCC1)C1CC1. The maximum absolute atomic E-state index is 3.47. The second kappa shape index (κ2) is 6.02. The molecule has 16 heavy (non-hydrogen) atoms. The highest BCUT2D eigenvalue weighted by Gasteiger charge is 2.33. The van der Waals surface area contributed by atoms with Crippen LogP contribution in [0, 0.1) is 5.92 Å². The number of nitrogens with zero attached hydrogens (tertiary/aromatic N) is 1. The summed E-state index contributed by atoms with van der Waals surface area (Å²) in [5.74, 6) is 0.961. The van der Waals surface area contributed by atoms with Crippen LogP contribution in [0.3, 0.4) is 0 Å². The molecule has 2 nitrogen and oxygen atoms in total. The Kier molecular flexibility index (Phi) is 4.66. The molecule has 2 heteroatoms. The lowest BCUT2D eigenvalue weighted by atomic mass is 9.96. The van der Waals surface area contributed by atoms with Crippen molar-refractivity contribution in [3.8, 4) is 0 Å². The van der Waals surface area contributed by atoms with E-state index in [0.717, 1.165) is 18.0 Å². The summed E-state index contributed by atoms with van der Waals surface area (Å²) in [6.45, 7) is 8.56. The van der Waals surface area contributed by atoms with E-state index in [4.69, 9.17) is 0 Å². The normalized spacial score (nSPS) is 23.2. The average molecular weight is 224 g/mol. The van der Waals surface area contributed by atoms with Gasteiger partial charge in [-0.2, -0.15) is 0 Å². The summed E-state index contributed by atoms with van der Waals surface area (Å²) in [5, 5.41) is 3.47. The second-order valence-electron chi connectivity index (χ2n) is 5.59. The monoisotopic (exact) mass is 224 g/mol. The zero-order chi connectivity index (χ0) is 11.4. The predicted molar refractivity (Wildman–Crippen MR) is 69.7 cm³/mol. The number of rotatable bonds is 6. The molecule has 0 aromatic carbocycles. The van der Waals surface area contributed by atoms with Crippen LogP contribution in [0.1, 0.15) is 52.4 Å². The van der Waals surface area contributed by atoms with E-state index in [2.05, 4.69) is 24.1 Å². The second-order valence-corrected chi connectivity index (χ2v) is 5.59. The van der Waals surface area contributed by atoms with Crippen molar-refractivity contribution < 1.29 is 0 Å². The van der Waals surface area contributed by atoms with Crippen molar-refractivity contribution in [1.82, 2.24) is 10.2 Å². The van der Waals surface area contributed by atoms with Gasteiger partial charge in [-0.1, -0.05) is 13.8 Å². The first kappa shape index (κ1) is 12.4. The molecule has 1 aliphatic heterocycles. The molecule has 2 rings (SSSR count). The highest BCUT2D eigenvalue weighted by Crippen LogP contribution is 2.32. The van der Waals surface area contributed by atoms with Crippen LogP contribution in [0.25, 0.3) is 0 Å². The minimum atomic E-state index is 0.849. The molecule has 0 spiro atoms. The van der Waals surface area contributed by atoms with Crippen molar-refractivity contribution >= 4 is 0 Å². The van der Waals surface area contributed by atoms with Gasteiger partial charge in [-0.05, 0) is 57.5 Å². The first-order valence-corrected chi connectivity index (χ1v) is 7.31. The fourth-order valence-electron chi connectivity index (χ4n) is 3.12. The minimum absolute atomic E-state index is 0.849. The third-order valence-corrected chi connectivity index (χ3v) is 4.36. The summed E-state index contributed by atoms with van der Waals surface area (Å²) < 4.78 is 0. The number of hydrogen-bond donors (Lipinski definition) is 1. The summed E-state index contributed by atoms with van der Waals surface area (Å²) in [6.07, 6.45) is 8.37. The van der Waals surface area contributed by atoms with Gasteiger partial charge in [-0.3, -0.25) is 4.90 Å². The van der Waals surface area contributed by atoms with Gasteiger partial charge in [0.25, 0.3) is 0 Å². The molecule has 0 atom stereocenters. The lowest BCUT2D eigenvalue weighted by Crippen LogP contribution is -2.42. The summed E-state index contributed by atoms with van der Waals surface area (Å²) >= 11 is 0. The lowest BCUT2D eigenvalue weighted by Gasteiger charge is -2.35. The lowest BCUT2D eigenvalue weighted by molar-refractivity contribution is 0.135. The van der Waals surface area contributed by atoms with E-state index in [1.807, 2.05) is 0 Å². The molecule has 0 bridgehead atoms. The van der Waals surface area contributed by atoms with E-state index in [1.54, 1.807) is 0 Å². The average Bonchev–Trinajstić information content (AvgIpc) is 3.14. The molecule has 1 saturated carbocycles. The molecule has 0 unspecified atom stereocenters. The fourth-order valence-corrected chi connectivity index (χ4v) is 3.12. The van der Waals surface area contributed by atoms with Gasteiger partial charge in [0.2, 0.25) is 0 Å². The highest BCUT2D eigenvalue weighted by atomic mass is 15.2. The molecule has 2 aliphatic rings. The molecular formula is C14H28N2. The van der Waals surface area contributed by atoms with Gasteiger partial charge in [0.1, 0.15) is 0 Å². The molecule has 0 radical (unpaired) electrons. The smallest absolute Gasteiger partial charge is 0.00994 e. The maximum Gasteiger partial charge on any atom is 0.00994 e. The van der Waals surface area contributed by atoms with Crippen LogP contribution in [0.5, 0.6) is 0 Å². The Morgan fingerprint density at radius 2 is 1.69 bits per heavy atom. The molecule has 1 saturated heterocycles. The van der Waals surface area contributed by atoms with Crippen LogP contribution in [-0.4, -0.2) is 36.6 Å². The molecule has 0 aromatic rings. The van der Waals surface area contributed by atoms with Gasteiger partial charge >= 0.3 is 0 Å². The molecule has 2 fully saturated rings. The van der Waals surface area contributed by atoms with E-state index in [-0.39, 0.29) is 0 Å². The number of hydrogen-bond acceptors (Lipinski definition) is 2. The van der Waals surface area contributed by atoms with Gasteiger partial charge in [0, 0.05) is 18.6 Å².